The first-order valence-electron chi connectivity index (χ1n) is 11.5. The van der Waals surface area contributed by atoms with Gasteiger partial charge in [0.25, 0.3) is 0 Å². The van der Waals surface area contributed by atoms with Crippen LogP contribution in [0, 0.1) is 17.6 Å². The fourth-order valence-corrected chi connectivity index (χ4v) is 4.20. The molecule has 0 saturated carbocycles. The molecule has 1 atom stereocenters. The molecule has 1 heterocycles. The number of esters is 1. The van der Waals surface area contributed by atoms with E-state index >= 15 is 0 Å². The van der Waals surface area contributed by atoms with Gasteiger partial charge in [0.05, 0.1) is 7.11 Å². The zero-order valence-corrected chi connectivity index (χ0v) is 19.3. The van der Waals surface area contributed by atoms with Gasteiger partial charge in [0.2, 0.25) is 11.8 Å². The highest BCUT2D eigenvalue weighted by Gasteiger charge is 2.27. The highest BCUT2D eigenvalue weighted by molar-refractivity contribution is 5.84. The maximum atomic E-state index is 13.3. The summed E-state index contributed by atoms with van der Waals surface area (Å²) in [6.45, 7) is 1.13. The summed E-state index contributed by atoms with van der Waals surface area (Å²) in [6, 6.07) is 11.1. The molecule has 0 aliphatic carbocycles. The molecule has 0 radical (unpaired) electrons. The predicted octanol–water partition coefficient (Wildman–Crippen LogP) is 3.43. The van der Waals surface area contributed by atoms with Crippen molar-refractivity contribution in [1.29, 1.82) is 0 Å². The minimum atomic E-state index is -0.854. The van der Waals surface area contributed by atoms with Crippen molar-refractivity contribution in [3.63, 3.8) is 0 Å². The van der Waals surface area contributed by atoms with Crippen LogP contribution in [0.4, 0.5) is 8.78 Å². The number of benzene rings is 2. The maximum Gasteiger partial charge on any atom is 0.328 e. The van der Waals surface area contributed by atoms with Gasteiger partial charge in [-0.15, -0.1) is 0 Å². The Kier molecular flexibility index (Phi) is 9.13. The first-order valence-corrected chi connectivity index (χ1v) is 11.5. The number of likely N-dealkylation sites (tertiary alicyclic amines) is 1. The van der Waals surface area contributed by atoms with Gasteiger partial charge in [-0.1, -0.05) is 24.3 Å². The van der Waals surface area contributed by atoms with E-state index in [1.807, 2.05) is 0 Å². The van der Waals surface area contributed by atoms with Crippen LogP contribution in [0.5, 0.6) is 0 Å². The van der Waals surface area contributed by atoms with E-state index in [1.54, 1.807) is 29.2 Å². The van der Waals surface area contributed by atoms with Gasteiger partial charge in [0.15, 0.2) is 0 Å². The number of methoxy groups -OCH3 is 1. The van der Waals surface area contributed by atoms with Crippen molar-refractivity contribution >= 4 is 17.8 Å². The molecule has 2 aromatic rings. The molecule has 2 aromatic carbocycles. The average Bonchev–Trinajstić information content (AvgIpc) is 2.83. The molecule has 1 aliphatic heterocycles. The van der Waals surface area contributed by atoms with Crippen molar-refractivity contribution in [2.45, 2.75) is 44.6 Å². The van der Waals surface area contributed by atoms with Crippen molar-refractivity contribution in [3.8, 4) is 0 Å². The van der Waals surface area contributed by atoms with Crippen LogP contribution in [0.1, 0.15) is 36.8 Å². The number of aryl methyl sites for hydroxylation is 1. The lowest BCUT2D eigenvalue weighted by molar-refractivity contribution is -0.145. The van der Waals surface area contributed by atoms with Crippen LogP contribution >= 0.6 is 0 Å². The lowest BCUT2D eigenvalue weighted by atomic mass is 9.92. The lowest BCUT2D eigenvalue weighted by Gasteiger charge is -2.32. The van der Waals surface area contributed by atoms with Crippen LogP contribution in [0.2, 0.25) is 0 Å². The number of halogens is 2. The Morgan fingerprint density at radius 1 is 1.03 bits per heavy atom. The van der Waals surface area contributed by atoms with Gasteiger partial charge >= 0.3 is 5.97 Å². The molecule has 0 aromatic heterocycles. The van der Waals surface area contributed by atoms with Crippen molar-refractivity contribution in [3.05, 3.63) is 71.3 Å². The Bertz CT molecular complexity index is 989. The molecule has 182 valence electrons. The number of carbonyl (C=O) groups is 3. The lowest BCUT2D eigenvalue weighted by Crippen LogP contribution is -2.44. The first kappa shape index (κ1) is 25.3. The Morgan fingerprint density at radius 3 is 2.38 bits per heavy atom. The number of carbonyl (C=O) groups excluding carboxylic acids is 3. The second kappa shape index (κ2) is 12.3. The van der Waals surface area contributed by atoms with E-state index in [-0.39, 0.29) is 42.2 Å². The maximum absolute atomic E-state index is 13.3. The van der Waals surface area contributed by atoms with Crippen LogP contribution in [-0.2, 0) is 32.0 Å². The van der Waals surface area contributed by atoms with Gasteiger partial charge in [-0.25, -0.2) is 13.6 Å². The van der Waals surface area contributed by atoms with Crippen molar-refractivity contribution < 1.29 is 27.9 Å². The number of ether oxygens (including phenoxy) is 1. The minimum absolute atomic E-state index is 0.0252. The molecular formula is C26H30F2N2O4. The molecule has 34 heavy (non-hydrogen) atoms. The summed E-state index contributed by atoms with van der Waals surface area (Å²) in [5, 5.41) is 2.74. The van der Waals surface area contributed by atoms with Crippen LogP contribution < -0.4 is 5.32 Å². The van der Waals surface area contributed by atoms with Gasteiger partial charge in [0.1, 0.15) is 17.7 Å². The fraction of sp³-hybridized carbons (Fsp3) is 0.423. The summed E-state index contributed by atoms with van der Waals surface area (Å²) in [7, 11) is 1.26. The number of nitrogens with zero attached hydrogens (tertiary/aromatic N) is 1. The monoisotopic (exact) mass is 472 g/mol. The molecular weight excluding hydrogens is 442 g/mol. The number of hydrogen-bond acceptors (Lipinski definition) is 4. The summed E-state index contributed by atoms with van der Waals surface area (Å²) >= 11 is 0. The normalized spacial score (nSPS) is 15.0. The Labute approximate surface area is 198 Å². The predicted molar refractivity (Wildman–Crippen MR) is 123 cm³/mol. The Balaban J connectivity index is 1.43. The van der Waals surface area contributed by atoms with E-state index in [0.717, 1.165) is 5.56 Å². The van der Waals surface area contributed by atoms with E-state index in [2.05, 4.69) is 5.32 Å². The summed E-state index contributed by atoms with van der Waals surface area (Å²) in [6.07, 6.45) is 2.65. The van der Waals surface area contributed by atoms with Crippen LogP contribution in [-0.4, -0.2) is 48.9 Å². The standard InChI is InChI=1S/C26H30F2N2O4/c1-34-26(33)23(16-19-5-8-21(27)9-6-19)29-24(31)17-20-11-13-30(14-12-20)25(32)10-7-18-3-2-4-22(28)15-18/h2-6,8-9,15,20,23H,7,10-14,16-17H2,1H3,(H,29,31). The molecule has 3 rings (SSSR count). The average molecular weight is 473 g/mol. The summed E-state index contributed by atoms with van der Waals surface area (Å²) in [4.78, 5) is 39.0. The molecule has 2 amide bonds. The topological polar surface area (TPSA) is 75.7 Å². The Hall–Kier alpha value is -3.29. The smallest absolute Gasteiger partial charge is 0.328 e. The molecule has 1 N–H and O–H groups in total. The van der Waals surface area contributed by atoms with E-state index in [9.17, 15) is 23.2 Å². The van der Waals surface area contributed by atoms with Gasteiger partial charge in [0, 0.05) is 32.4 Å². The first-order chi connectivity index (χ1) is 16.3. The zero-order chi connectivity index (χ0) is 24.5. The van der Waals surface area contributed by atoms with Crippen LogP contribution in [0.15, 0.2) is 48.5 Å². The number of nitrogens with one attached hydrogen (secondary N) is 1. The number of amides is 2. The zero-order valence-electron chi connectivity index (χ0n) is 19.3. The van der Waals surface area contributed by atoms with E-state index in [1.165, 1.54) is 31.4 Å². The third-order valence-corrected chi connectivity index (χ3v) is 6.13. The fourth-order valence-electron chi connectivity index (χ4n) is 4.20. The van der Waals surface area contributed by atoms with Gasteiger partial charge in [-0.05, 0) is 60.6 Å². The quantitative estimate of drug-likeness (QED) is 0.568. The molecule has 6 nitrogen and oxygen atoms in total. The van der Waals surface area contributed by atoms with Crippen LogP contribution in [0.3, 0.4) is 0 Å². The molecule has 1 aliphatic rings. The minimum Gasteiger partial charge on any atom is -0.467 e. The third kappa shape index (κ3) is 7.64. The number of rotatable bonds is 9. The van der Waals surface area contributed by atoms with Crippen LogP contribution in [0.25, 0.3) is 0 Å². The molecule has 0 spiro atoms. The highest BCUT2D eigenvalue weighted by atomic mass is 19.1. The second-order valence-corrected chi connectivity index (χ2v) is 8.63. The van der Waals surface area contributed by atoms with Crippen molar-refractivity contribution in [2.75, 3.05) is 20.2 Å². The molecule has 0 bridgehead atoms. The van der Waals surface area contributed by atoms with Gasteiger partial charge in [-0.2, -0.15) is 0 Å². The Morgan fingerprint density at radius 2 is 1.74 bits per heavy atom. The van der Waals surface area contributed by atoms with E-state index < -0.39 is 12.0 Å². The van der Waals surface area contributed by atoms with Gasteiger partial charge in [-0.3, -0.25) is 9.59 Å². The number of piperidine rings is 1. The largest absolute Gasteiger partial charge is 0.467 e. The summed E-state index contributed by atoms with van der Waals surface area (Å²) in [5.41, 5.74) is 1.50. The highest BCUT2D eigenvalue weighted by Crippen LogP contribution is 2.22. The molecule has 8 heteroatoms. The molecule has 1 fully saturated rings. The summed E-state index contributed by atoms with van der Waals surface area (Å²) < 4.78 is 31.2. The second-order valence-electron chi connectivity index (χ2n) is 8.63. The van der Waals surface area contributed by atoms with E-state index in [0.29, 0.717) is 44.3 Å². The van der Waals surface area contributed by atoms with Crippen molar-refractivity contribution in [1.82, 2.24) is 10.2 Å². The molecule has 1 saturated heterocycles. The number of hydrogen-bond donors (Lipinski definition) is 1. The third-order valence-electron chi connectivity index (χ3n) is 6.13. The van der Waals surface area contributed by atoms with E-state index in [4.69, 9.17) is 4.74 Å². The molecule has 1 unspecified atom stereocenters. The summed E-state index contributed by atoms with van der Waals surface area (Å²) in [5.74, 6) is -1.37. The SMILES string of the molecule is COC(=O)C(Cc1ccc(F)cc1)NC(=O)CC1CCN(C(=O)CCc2cccc(F)c2)CC1. The van der Waals surface area contributed by atoms with Gasteiger partial charge < -0.3 is 15.0 Å². The van der Waals surface area contributed by atoms with Crippen molar-refractivity contribution in [2.24, 2.45) is 5.92 Å².